The maximum absolute atomic E-state index is 13.8. The van der Waals surface area contributed by atoms with Crippen LogP contribution in [0.3, 0.4) is 0 Å². The second kappa shape index (κ2) is 9.22. The summed E-state index contributed by atoms with van der Waals surface area (Å²) in [5, 5.41) is 2.97. The van der Waals surface area contributed by atoms with E-state index in [4.69, 9.17) is 14.5 Å². The maximum atomic E-state index is 13.8. The zero-order chi connectivity index (χ0) is 25.5. The van der Waals surface area contributed by atoms with Crippen molar-refractivity contribution in [1.82, 2.24) is 4.57 Å². The van der Waals surface area contributed by atoms with Crippen molar-refractivity contribution in [3.8, 4) is 11.5 Å². The van der Waals surface area contributed by atoms with Gasteiger partial charge in [-0.2, -0.15) is 0 Å². The molecule has 1 aromatic heterocycles. The van der Waals surface area contributed by atoms with Crippen LogP contribution in [-0.2, 0) is 4.79 Å². The van der Waals surface area contributed by atoms with Crippen LogP contribution in [0.2, 0.25) is 0 Å². The first-order valence-electron chi connectivity index (χ1n) is 11.8. The van der Waals surface area contributed by atoms with E-state index < -0.39 is 6.04 Å². The molecule has 0 radical (unpaired) electrons. The van der Waals surface area contributed by atoms with Crippen molar-refractivity contribution in [1.29, 1.82) is 0 Å². The first-order valence-corrected chi connectivity index (χ1v) is 12.6. The van der Waals surface area contributed by atoms with Crippen molar-refractivity contribution in [3.63, 3.8) is 0 Å². The normalized spacial score (nSPS) is 16.4. The van der Waals surface area contributed by atoms with Gasteiger partial charge >= 0.3 is 0 Å². The second-order valence-corrected chi connectivity index (χ2v) is 9.93. The molecule has 2 aliphatic rings. The molecule has 0 aliphatic carbocycles. The number of fused-ring (bicyclic) bond motifs is 2. The molecular formula is C29H23N3O4S. The molecule has 0 fully saturated rings. The molecule has 3 aromatic carbocycles. The number of aromatic nitrogens is 1. The fourth-order valence-corrected chi connectivity index (χ4v) is 5.60. The molecule has 1 atom stereocenters. The number of carbonyl (C=O) groups excluding carboxylic acids is 1. The minimum absolute atomic E-state index is 0.185. The van der Waals surface area contributed by atoms with Crippen LogP contribution >= 0.6 is 11.3 Å². The lowest BCUT2D eigenvalue weighted by atomic mass is 9.94. The molecule has 3 heterocycles. The highest BCUT2D eigenvalue weighted by Gasteiger charge is 2.32. The predicted molar refractivity (Wildman–Crippen MR) is 143 cm³/mol. The minimum Gasteiger partial charge on any atom is -0.454 e. The van der Waals surface area contributed by atoms with E-state index in [2.05, 4.69) is 5.32 Å². The molecule has 0 bridgehead atoms. The number of allylic oxidation sites excluding steroid dienone is 1. The zero-order valence-electron chi connectivity index (χ0n) is 20.2. The summed E-state index contributed by atoms with van der Waals surface area (Å²) in [6.07, 6.45) is 1.82. The highest BCUT2D eigenvalue weighted by atomic mass is 32.1. The smallest absolute Gasteiger partial charge is 0.271 e. The Balaban J connectivity index is 1.49. The molecule has 2 aliphatic heterocycles. The lowest BCUT2D eigenvalue weighted by molar-refractivity contribution is -0.113. The number of para-hydroxylation sites is 1. The van der Waals surface area contributed by atoms with Gasteiger partial charge in [-0.3, -0.25) is 14.2 Å². The number of carbonyl (C=O) groups is 1. The number of rotatable bonds is 4. The summed E-state index contributed by atoms with van der Waals surface area (Å²) in [7, 11) is 0. The summed E-state index contributed by atoms with van der Waals surface area (Å²) in [5.41, 5.74) is 4.24. The number of nitrogens with zero attached hydrogens (tertiary/aromatic N) is 2. The van der Waals surface area contributed by atoms with Gasteiger partial charge in [-0.25, -0.2) is 4.99 Å². The molecule has 0 spiro atoms. The Morgan fingerprint density at radius 3 is 2.57 bits per heavy atom. The quantitative estimate of drug-likeness (QED) is 0.452. The molecule has 1 N–H and O–H groups in total. The Kier molecular flexibility index (Phi) is 5.73. The molecule has 8 heteroatoms. The van der Waals surface area contributed by atoms with Crippen molar-refractivity contribution in [2.75, 3.05) is 12.1 Å². The molecule has 4 aromatic rings. The molecule has 1 unspecified atom stereocenters. The summed E-state index contributed by atoms with van der Waals surface area (Å²) < 4.78 is 13.0. The fourth-order valence-electron chi connectivity index (χ4n) is 4.55. The number of ether oxygens (including phenoxy) is 2. The molecular weight excluding hydrogens is 486 g/mol. The average Bonchev–Trinajstić information content (AvgIpc) is 3.48. The first-order chi connectivity index (χ1) is 18.0. The van der Waals surface area contributed by atoms with Crippen LogP contribution in [0.4, 0.5) is 5.69 Å². The Labute approximate surface area is 216 Å². The van der Waals surface area contributed by atoms with E-state index in [1.807, 2.05) is 92.7 Å². The largest absolute Gasteiger partial charge is 0.454 e. The van der Waals surface area contributed by atoms with Crippen molar-refractivity contribution < 1.29 is 14.3 Å². The maximum Gasteiger partial charge on any atom is 0.271 e. The Morgan fingerprint density at radius 2 is 1.78 bits per heavy atom. The monoisotopic (exact) mass is 509 g/mol. The topological polar surface area (TPSA) is 81.9 Å². The van der Waals surface area contributed by atoms with Crippen molar-refractivity contribution in [3.05, 3.63) is 120 Å². The van der Waals surface area contributed by atoms with Crippen LogP contribution in [-0.4, -0.2) is 17.3 Å². The highest BCUT2D eigenvalue weighted by molar-refractivity contribution is 7.07. The molecule has 0 saturated heterocycles. The second-order valence-electron chi connectivity index (χ2n) is 8.93. The highest BCUT2D eigenvalue weighted by Crippen LogP contribution is 2.33. The molecule has 37 heavy (non-hydrogen) atoms. The number of hydrogen-bond acceptors (Lipinski definition) is 6. The van der Waals surface area contributed by atoms with Gasteiger partial charge in [-0.15, -0.1) is 0 Å². The number of thiazole rings is 1. The van der Waals surface area contributed by atoms with Crippen LogP contribution in [0.5, 0.6) is 11.5 Å². The number of hydrogen-bond donors (Lipinski definition) is 1. The molecule has 7 nitrogen and oxygen atoms in total. The number of aryl methyl sites for hydroxylation is 1. The van der Waals surface area contributed by atoms with Gasteiger partial charge in [-0.1, -0.05) is 65.4 Å². The van der Waals surface area contributed by atoms with Gasteiger partial charge in [0, 0.05) is 5.69 Å². The van der Waals surface area contributed by atoms with Crippen molar-refractivity contribution in [2.24, 2.45) is 4.99 Å². The van der Waals surface area contributed by atoms with Gasteiger partial charge < -0.3 is 14.8 Å². The standard InChI is InChI=1S/C29H23N3O4S/c1-17-8-11-20(12-9-17)26-25(27(33)31-21-6-4-3-5-7-21)18(2)30-29-32(26)28(34)24(37-29)15-19-10-13-22-23(14-19)36-16-35-22/h3-15,26H,16H2,1-2H3,(H,31,33)/b24-15-. The third-order valence-corrected chi connectivity index (χ3v) is 7.37. The van der Waals surface area contributed by atoms with Gasteiger partial charge in [0.25, 0.3) is 11.5 Å². The van der Waals surface area contributed by atoms with Gasteiger partial charge in [-0.05, 0) is 55.3 Å². The summed E-state index contributed by atoms with van der Waals surface area (Å²) in [4.78, 5) is 32.6. The number of benzene rings is 3. The van der Waals surface area contributed by atoms with Crippen LogP contribution in [0, 0.1) is 6.92 Å². The third kappa shape index (κ3) is 4.25. The number of nitrogens with one attached hydrogen (secondary N) is 1. The van der Waals surface area contributed by atoms with E-state index >= 15 is 0 Å². The van der Waals surface area contributed by atoms with Crippen LogP contribution in [0.15, 0.2) is 93.9 Å². The number of amides is 1. The van der Waals surface area contributed by atoms with Crippen molar-refractivity contribution in [2.45, 2.75) is 19.9 Å². The van der Waals surface area contributed by atoms with Gasteiger partial charge in [0.2, 0.25) is 6.79 Å². The van der Waals surface area contributed by atoms with Crippen LogP contribution in [0.1, 0.15) is 29.7 Å². The number of anilines is 1. The van der Waals surface area contributed by atoms with E-state index in [9.17, 15) is 9.59 Å². The molecule has 6 rings (SSSR count). The summed E-state index contributed by atoms with van der Waals surface area (Å²) in [6, 6.07) is 22.1. The van der Waals surface area contributed by atoms with E-state index in [1.54, 1.807) is 4.57 Å². The summed E-state index contributed by atoms with van der Waals surface area (Å²) in [5.74, 6) is 1.04. The SMILES string of the molecule is CC1=C(C(=O)Nc2ccccc2)C(c2ccc(C)cc2)n2c(s/c(=C\c3ccc4c(c3)OCO4)c2=O)=N1. The van der Waals surface area contributed by atoms with Gasteiger partial charge in [0.05, 0.1) is 21.8 Å². The van der Waals surface area contributed by atoms with Gasteiger partial charge in [0.15, 0.2) is 16.3 Å². The van der Waals surface area contributed by atoms with E-state index in [1.165, 1.54) is 11.3 Å². The zero-order valence-corrected chi connectivity index (χ0v) is 21.0. The van der Waals surface area contributed by atoms with Crippen LogP contribution < -0.4 is 29.7 Å². The Morgan fingerprint density at radius 1 is 1.03 bits per heavy atom. The van der Waals surface area contributed by atoms with E-state index in [0.717, 1.165) is 16.7 Å². The van der Waals surface area contributed by atoms with E-state index in [0.29, 0.717) is 37.8 Å². The van der Waals surface area contributed by atoms with Gasteiger partial charge in [0.1, 0.15) is 0 Å². The minimum atomic E-state index is -0.612. The first kappa shape index (κ1) is 23.0. The van der Waals surface area contributed by atoms with Crippen LogP contribution in [0.25, 0.3) is 6.08 Å². The predicted octanol–water partition coefficient (Wildman–Crippen LogP) is 3.91. The third-order valence-electron chi connectivity index (χ3n) is 6.39. The molecule has 184 valence electrons. The molecule has 0 saturated carbocycles. The molecule has 1 amide bonds. The van der Waals surface area contributed by atoms with E-state index in [-0.39, 0.29) is 18.3 Å². The summed E-state index contributed by atoms with van der Waals surface area (Å²) in [6.45, 7) is 4.01. The van der Waals surface area contributed by atoms with Crippen molar-refractivity contribution >= 4 is 29.0 Å². The Bertz CT molecular complexity index is 1730. The Hall–Kier alpha value is -4.43. The lowest BCUT2D eigenvalue weighted by Gasteiger charge is -2.25. The fraction of sp³-hybridized carbons (Fsp3) is 0.138. The average molecular weight is 510 g/mol. The lowest BCUT2D eigenvalue weighted by Crippen LogP contribution is -2.40. The summed E-state index contributed by atoms with van der Waals surface area (Å²) >= 11 is 1.30.